The van der Waals surface area contributed by atoms with Crippen LogP contribution < -0.4 is 0 Å². The first-order valence-corrected chi connectivity index (χ1v) is 12.2. The van der Waals surface area contributed by atoms with Gasteiger partial charge in [-0.15, -0.1) is 0 Å². The molecule has 0 spiro atoms. The molecule has 0 saturated heterocycles. The van der Waals surface area contributed by atoms with Gasteiger partial charge < -0.3 is 0 Å². The van der Waals surface area contributed by atoms with Gasteiger partial charge in [0.25, 0.3) is 0 Å². The van der Waals surface area contributed by atoms with Gasteiger partial charge in [-0.1, -0.05) is 37.5 Å². The Morgan fingerprint density at radius 3 is 0.471 bits per heavy atom. The van der Waals surface area contributed by atoms with Crippen LogP contribution in [0.5, 0.6) is 0 Å². The molecule has 0 heterocycles. The maximum absolute atomic E-state index is 4.21. The molecule has 0 radical (unpaired) electrons. The summed E-state index contributed by atoms with van der Waals surface area (Å²) < 4.78 is 0. The SMILES string of the molecule is C=C(C)C(=C)\C(C)=C(C)/C(C)=C(C)/C(C)=C(C)/C(C)=C(C)/C(C)=C(C)/C(C)=C(/C)C(=C)C(=C)C. The molecule has 0 aromatic heterocycles. The van der Waals surface area contributed by atoms with Crippen molar-refractivity contribution in [1.29, 1.82) is 0 Å². The van der Waals surface area contributed by atoms with Crippen LogP contribution in [0, 0.1) is 0 Å². The third kappa shape index (κ3) is 7.20. The summed E-state index contributed by atoms with van der Waals surface area (Å²) >= 11 is 0. The van der Waals surface area contributed by atoms with E-state index < -0.39 is 0 Å². The predicted molar refractivity (Wildman–Crippen MR) is 158 cm³/mol. The Hall–Kier alpha value is -2.60. The van der Waals surface area contributed by atoms with Gasteiger partial charge in [-0.05, 0) is 175 Å². The molecule has 0 atom stereocenters. The molecule has 0 aromatic carbocycles. The van der Waals surface area contributed by atoms with E-state index in [1.54, 1.807) is 0 Å². The highest BCUT2D eigenvalue weighted by Gasteiger charge is 2.13. The zero-order valence-electron chi connectivity index (χ0n) is 24.8. The molecule has 0 amide bonds. The number of hydrogen-bond acceptors (Lipinski definition) is 0. The van der Waals surface area contributed by atoms with Crippen LogP contribution in [0.25, 0.3) is 0 Å². The first-order chi connectivity index (χ1) is 15.4. The van der Waals surface area contributed by atoms with Crippen molar-refractivity contribution in [3.05, 3.63) is 115 Å². The lowest BCUT2D eigenvalue weighted by atomic mass is 9.86. The van der Waals surface area contributed by atoms with Crippen molar-refractivity contribution >= 4 is 0 Å². The van der Waals surface area contributed by atoms with E-state index in [2.05, 4.69) is 109 Å². The molecule has 186 valence electrons. The zero-order chi connectivity index (χ0) is 27.2. The van der Waals surface area contributed by atoms with Crippen LogP contribution in [0.4, 0.5) is 0 Å². The Morgan fingerprint density at radius 1 is 0.235 bits per heavy atom. The van der Waals surface area contributed by atoms with Crippen molar-refractivity contribution in [3.63, 3.8) is 0 Å². The average Bonchev–Trinajstić information content (AvgIpc) is 2.81. The molecule has 0 fully saturated rings. The van der Waals surface area contributed by atoms with Crippen molar-refractivity contribution in [2.75, 3.05) is 0 Å². The molecule has 0 nitrogen and oxygen atoms in total. The fourth-order valence-corrected chi connectivity index (χ4v) is 3.91. The molecule has 0 bridgehead atoms. The number of hydrogen-bond donors (Lipinski definition) is 0. The van der Waals surface area contributed by atoms with E-state index in [-0.39, 0.29) is 0 Å². The third-order valence-electron chi connectivity index (χ3n) is 8.12. The highest BCUT2D eigenvalue weighted by Crippen LogP contribution is 2.33. The van der Waals surface area contributed by atoms with Crippen molar-refractivity contribution in [3.8, 4) is 0 Å². The van der Waals surface area contributed by atoms with E-state index in [9.17, 15) is 0 Å². The quantitative estimate of drug-likeness (QED) is 0.301. The minimum absolute atomic E-state index is 1.02. The summed E-state index contributed by atoms with van der Waals surface area (Å²) in [6, 6.07) is 0. The highest BCUT2D eigenvalue weighted by atomic mass is 14.2. The second-order valence-corrected chi connectivity index (χ2v) is 10.0. The molecule has 0 aliphatic heterocycles. The van der Waals surface area contributed by atoms with Gasteiger partial charge in [0.15, 0.2) is 0 Å². The standard InChI is InChI=1S/C34H50/c1-19(2)21(5)23(7)25(9)27(11)29(13)31(15)33(17)34(18)32(16)30(14)28(12)26(10)24(8)22(6)20(3)4/h1,3,5-6H2,2,4,7-18H3/b25-23-,26-24-,29-27+,30-28+,33-31+,34-32+. The molecule has 34 heavy (non-hydrogen) atoms. The van der Waals surface area contributed by atoms with Crippen molar-refractivity contribution in [2.24, 2.45) is 0 Å². The normalized spacial score (nSPS) is 16.3. The van der Waals surface area contributed by atoms with Gasteiger partial charge in [-0.3, -0.25) is 0 Å². The molecular formula is C34H50. The summed E-state index contributed by atoms with van der Waals surface area (Å²) in [5.41, 5.74) is 19.6. The lowest BCUT2D eigenvalue weighted by Crippen LogP contribution is -2.00. The molecule has 0 rings (SSSR count). The molecule has 0 heteroatoms. The summed E-state index contributed by atoms with van der Waals surface area (Å²) in [5.74, 6) is 0. The van der Waals surface area contributed by atoms with E-state index in [4.69, 9.17) is 0 Å². The molecule has 0 aliphatic rings. The smallest absolute Gasteiger partial charge is 0.0273 e. The van der Waals surface area contributed by atoms with Crippen LogP contribution in [0.3, 0.4) is 0 Å². The van der Waals surface area contributed by atoms with Crippen molar-refractivity contribution < 1.29 is 0 Å². The van der Waals surface area contributed by atoms with Crippen LogP contribution in [-0.2, 0) is 0 Å². The topological polar surface area (TPSA) is 0 Å². The van der Waals surface area contributed by atoms with Gasteiger partial charge in [-0.2, -0.15) is 0 Å². The molecular weight excluding hydrogens is 408 g/mol. The second-order valence-electron chi connectivity index (χ2n) is 10.0. The van der Waals surface area contributed by atoms with Gasteiger partial charge in [0, 0.05) is 0 Å². The second kappa shape index (κ2) is 12.7. The molecule has 0 aromatic rings. The highest BCUT2D eigenvalue weighted by molar-refractivity contribution is 5.56. The zero-order valence-corrected chi connectivity index (χ0v) is 24.8. The largest absolute Gasteiger partial charge is 0.0955 e. The van der Waals surface area contributed by atoms with Gasteiger partial charge in [0.2, 0.25) is 0 Å². The maximum Gasteiger partial charge on any atom is -0.0273 e. The Kier molecular flexibility index (Phi) is 11.8. The van der Waals surface area contributed by atoms with Gasteiger partial charge in [0.1, 0.15) is 0 Å². The summed E-state index contributed by atoms with van der Waals surface area (Å²) in [7, 11) is 0. The van der Waals surface area contributed by atoms with E-state index in [0.29, 0.717) is 0 Å². The van der Waals surface area contributed by atoms with Crippen molar-refractivity contribution in [2.45, 2.75) is 96.9 Å². The number of allylic oxidation sites excluding steroid dienone is 16. The molecule has 0 aliphatic carbocycles. The summed E-state index contributed by atoms with van der Waals surface area (Å²) in [5, 5.41) is 0. The van der Waals surface area contributed by atoms with E-state index >= 15 is 0 Å². The van der Waals surface area contributed by atoms with Crippen LogP contribution >= 0.6 is 0 Å². The van der Waals surface area contributed by atoms with Crippen LogP contribution in [0.1, 0.15) is 96.9 Å². The molecule has 0 N–H and O–H groups in total. The first kappa shape index (κ1) is 31.4. The van der Waals surface area contributed by atoms with Crippen LogP contribution in [-0.4, -0.2) is 0 Å². The summed E-state index contributed by atoms with van der Waals surface area (Å²) in [6.45, 7) is 47.1. The Bertz CT molecular complexity index is 1010. The minimum atomic E-state index is 1.02. The van der Waals surface area contributed by atoms with Gasteiger partial charge in [0.05, 0.1) is 0 Å². The average molecular weight is 459 g/mol. The number of rotatable bonds is 9. The van der Waals surface area contributed by atoms with E-state index in [0.717, 1.165) is 22.3 Å². The third-order valence-corrected chi connectivity index (χ3v) is 8.12. The lowest BCUT2D eigenvalue weighted by molar-refractivity contribution is 1.12. The predicted octanol–water partition coefficient (Wildman–Crippen LogP) is 11.3. The Morgan fingerprint density at radius 2 is 0.353 bits per heavy atom. The lowest BCUT2D eigenvalue weighted by Gasteiger charge is -2.19. The van der Waals surface area contributed by atoms with Gasteiger partial charge in [-0.25, -0.2) is 0 Å². The fourth-order valence-electron chi connectivity index (χ4n) is 3.91. The molecule has 0 saturated carbocycles. The summed E-state index contributed by atoms with van der Waals surface area (Å²) in [6.07, 6.45) is 0. The Labute approximate surface area is 212 Å². The fraction of sp³-hybridized carbons (Fsp3) is 0.412. The van der Waals surface area contributed by atoms with E-state index in [1.807, 2.05) is 13.8 Å². The first-order valence-electron chi connectivity index (χ1n) is 12.2. The summed E-state index contributed by atoms with van der Waals surface area (Å²) in [4.78, 5) is 0. The van der Waals surface area contributed by atoms with Gasteiger partial charge >= 0.3 is 0 Å². The van der Waals surface area contributed by atoms with Crippen LogP contribution in [0.15, 0.2) is 115 Å². The van der Waals surface area contributed by atoms with E-state index in [1.165, 1.54) is 66.9 Å². The minimum Gasteiger partial charge on any atom is -0.0955 e. The Balaban J connectivity index is 6.72. The van der Waals surface area contributed by atoms with Crippen molar-refractivity contribution in [1.82, 2.24) is 0 Å². The van der Waals surface area contributed by atoms with Crippen LogP contribution in [0.2, 0.25) is 0 Å². The monoisotopic (exact) mass is 458 g/mol. The molecule has 0 unspecified atom stereocenters. The maximum atomic E-state index is 4.21.